The van der Waals surface area contributed by atoms with Crippen molar-refractivity contribution < 1.29 is 33.3 Å². The number of hydrogen-bond acceptors (Lipinski definition) is 6. The fourth-order valence-electron chi connectivity index (χ4n) is 3.22. The molecule has 3 aromatic rings. The third kappa shape index (κ3) is 4.69. The summed E-state index contributed by atoms with van der Waals surface area (Å²) in [6, 6.07) is 9.42. The Balaban J connectivity index is 2.15. The Morgan fingerprint density at radius 2 is 1.84 bits per heavy atom. The minimum atomic E-state index is -1.06. The van der Waals surface area contributed by atoms with Crippen molar-refractivity contribution in [2.45, 2.75) is 13.5 Å². The van der Waals surface area contributed by atoms with Gasteiger partial charge in [-0.25, -0.2) is 9.18 Å². The van der Waals surface area contributed by atoms with Crippen molar-refractivity contribution in [3.63, 3.8) is 0 Å². The minimum Gasteiger partial charge on any atom is -0.507 e. The number of aliphatic hydroxyl groups excluding tert-OH is 1. The van der Waals surface area contributed by atoms with E-state index in [9.17, 15) is 19.1 Å². The van der Waals surface area contributed by atoms with Gasteiger partial charge in [-0.1, -0.05) is 12.1 Å². The van der Waals surface area contributed by atoms with Crippen LogP contribution in [0.3, 0.4) is 0 Å². The predicted octanol–water partition coefficient (Wildman–Crippen LogP) is 3.88. The van der Waals surface area contributed by atoms with Crippen molar-refractivity contribution in [2.75, 3.05) is 20.8 Å². The molecule has 0 saturated carbocycles. The van der Waals surface area contributed by atoms with Crippen LogP contribution in [-0.2, 0) is 20.9 Å². The number of carbonyl (C=O) groups is 2. The molecule has 1 heterocycles. The topological polar surface area (TPSA) is 87.0 Å². The van der Waals surface area contributed by atoms with Crippen LogP contribution in [0.2, 0.25) is 0 Å². The Labute approximate surface area is 178 Å². The van der Waals surface area contributed by atoms with E-state index in [-0.39, 0.29) is 18.0 Å². The average molecular weight is 427 g/mol. The molecule has 0 atom stereocenters. The van der Waals surface area contributed by atoms with Crippen LogP contribution in [0, 0.1) is 5.82 Å². The Morgan fingerprint density at radius 1 is 1.13 bits per heavy atom. The normalized spacial score (nSPS) is 11.4. The number of nitrogens with zero attached hydrogens (tertiary/aromatic N) is 1. The number of ether oxygens (including phenoxy) is 3. The Kier molecular flexibility index (Phi) is 6.59. The van der Waals surface area contributed by atoms with Gasteiger partial charge in [-0.15, -0.1) is 0 Å². The van der Waals surface area contributed by atoms with Crippen LogP contribution in [0.25, 0.3) is 16.7 Å². The first-order valence-electron chi connectivity index (χ1n) is 9.49. The van der Waals surface area contributed by atoms with Gasteiger partial charge in [0.25, 0.3) is 5.78 Å². The molecule has 0 fully saturated rings. The first-order valence-corrected chi connectivity index (χ1v) is 9.49. The molecular formula is C23H22FNO6. The van der Waals surface area contributed by atoms with E-state index in [0.29, 0.717) is 28.9 Å². The largest absolute Gasteiger partial charge is 0.507 e. The molecule has 31 heavy (non-hydrogen) atoms. The van der Waals surface area contributed by atoms with Gasteiger partial charge in [-0.3, -0.25) is 4.79 Å². The molecule has 1 aromatic heterocycles. The quantitative estimate of drug-likeness (QED) is 0.254. The van der Waals surface area contributed by atoms with Gasteiger partial charge in [-0.2, -0.15) is 0 Å². The summed E-state index contributed by atoms with van der Waals surface area (Å²) in [5.41, 5.74) is 1.76. The second-order valence-electron chi connectivity index (χ2n) is 6.64. The Morgan fingerprint density at radius 3 is 2.45 bits per heavy atom. The second-order valence-corrected chi connectivity index (χ2v) is 6.64. The lowest BCUT2D eigenvalue weighted by Gasteiger charge is -2.10. The molecule has 2 aromatic carbocycles. The van der Waals surface area contributed by atoms with Gasteiger partial charge in [-0.05, 0) is 24.6 Å². The maximum atomic E-state index is 13.3. The van der Waals surface area contributed by atoms with E-state index in [1.165, 1.54) is 26.4 Å². The summed E-state index contributed by atoms with van der Waals surface area (Å²) < 4.78 is 30.6. The summed E-state index contributed by atoms with van der Waals surface area (Å²) in [7, 11) is 2.99. The lowest BCUT2D eigenvalue weighted by Crippen LogP contribution is -2.15. The Hall–Kier alpha value is -3.81. The third-order valence-corrected chi connectivity index (χ3v) is 4.66. The highest BCUT2D eigenvalue weighted by Gasteiger charge is 2.20. The number of methoxy groups -OCH3 is 2. The van der Waals surface area contributed by atoms with Crippen LogP contribution in [-0.4, -0.2) is 42.3 Å². The van der Waals surface area contributed by atoms with Crippen LogP contribution in [0.4, 0.5) is 4.39 Å². The van der Waals surface area contributed by atoms with Crippen LogP contribution >= 0.6 is 0 Å². The summed E-state index contributed by atoms with van der Waals surface area (Å²) in [6.45, 7) is 1.98. The number of fused-ring (bicyclic) bond motifs is 1. The smallest absolute Gasteiger partial charge is 0.379 e. The highest BCUT2D eigenvalue weighted by molar-refractivity contribution is 6.39. The molecule has 0 aliphatic carbocycles. The van der Waals surface area contributed by atoms with E-state index in [4.69, 9.17) is 9.47 Å². The fraction of sp³-hybridized carbons (Fsp3) is 0.217. The van der Waals surface area contributed by atoms with Crippen LogP contribution in [0.5, 0.6) is 11.5 Å². The molecule has 3 rings (SSSR count). The van der Waals surface area contributed by atoms with Crippen LogP contribution < -0.4 is 9.47 Å². The molecule has 0 spiro atoms. The average Bonchev–Trinajstić information content (AvgIpc) is 3.13. The molecule has 0 aliphatic heterocycles. The van der Waals surface area contributed by atoms with Crippen molar-refractivity contribution in [2.24, 2.45) is 0 Å². The van der Waals surface area contributed by atoms with Gasteiger partial charge in [0.2, 0.25) is 0 Å². The molecule has 8 heteroatoms. The highest BCUT2D eigenvalue weighted by atomic mass is 19.1. The van der Waals surface area contributed by atoms with E-state index < -0.39 is 17.5 Å². The van der Waals surface area contributed by atoms with E-state index in [0.717, 1.165) is 11.6 Å². The number of benzene rings is 2. The summed E-state index contributed by atoms with van der Waals surface area (Å²) in [5, 5.41) is 11.2. The number of aliphatic hydroxyl groups is 1. The van der Waals surface area contributed by atoms with Crippen molar-refractivity contribution in [3.05, 3.63) is 65.6 Å². The second kappa shape index (κ2) is 9.34. The van der Waals surface area contributed by atoms with E-state index in [2.05, 4.69) is 4.74 Å². The number of hydrogen-bond donors (Lipinski definition) is 1. The number of halogens is 1. The summed E-state index contributed by atoms with van der Waals surface area (Å²) in [6.07, 6.45) is 2.44. The summed E-state index contributed by atoms with van der Waals surface area (Å²) >= 11 is 0. The van der Waals surface area contributed by atoms with Gasteiger partial charge in [0, 0.05) is 36.5 Å². The highest BCUT2D eigenvalue weighted by Crippen LogP contribution is 2.37. The molecule has 0 radical (unpaired) electrons. The van der Waals surface area contributed by atoms with Gasteiger partial charge >= 0.3 is 5.97 Å². The number of carbonyl (C=O) groups excluding carboxylic acids is 2. The number of aromatic nitrogens is 1. The summed E-state index contributed by atoms with van der Waals surface area (Å²) in [5.74, 6) is -1.86. The third-order valence-electron chi connectivity index (χ3n) is 4.66. The van der Waals surface area contributed by atoms with Crippen molar-refractivity contribution in [1.29, 1.82) is 0 Å². The predicted molar refractivity (Wildman–Crippen MR) is 113 cm³/mol. The molecule has 0 aliphatic rings. The zero-order valence-electron chi connectivity index (χ0n) is 17.3. The maximum absolute atomic E-state index is 13.3. The van der Waals surface area contributed by atoms with E-state index in [1.807, 2.05) is 4.57 Å². The first kappa shape index (κ1) is 21.9. The van der Waals surface area contributed by atoms with Gasteiger partial charge in [0.15, 0.2) is 0 Å². The fourth-order valence-corrected chi connectivity index (χ4v) is 3.22. The maximum Gasteiger partial charge on any atom is 0.379 e. The molecule has 1 N–H and O–H groups in total. The van der Waals surface area contributed by atoms with Crippen molar-refractivity contribution in [1.82, 2.24) is 4.57 Å². The molecule has 0 amide bonds. The van der Waals surface area contributed by atoms with Crippen LogP contribution in [0.1, 0.15) is 18.1 Å². The minimum absolute atomic E-state index is 0.0454. The van der Waals surface area contributed by atoms with Crippen molar-refractivity contribution in [3.8, 4) is 11.5 Å². The number of ketones is 1. The zero-order valence-corrected chi connectivity index (χ0v) is 17.3. The zero-order chi connectivity index (χ0) is 22.5. The lowest BCUT2D eigenvalue weighted by molar-refractivity contribution is -0.151. The summed E-state index contributed by atoms with van der Waals surface area (Å²) in [4.78, 5) is 23.7. The van der Waals surface area contributed by atoms with E-state index >= 15 is 0 Å². The molecule has 162 valence electrons. The van der Waals surface area contributed by atoms with Crippen LogP contribution in [0.15, 0.2) is 48.7 Å². The SMILES string of the molecule is CCOC(=O)C(=O)/C=C(\O)c1cn(Cc2ccc(F)cc2)c2cc(OC)cc(OC)c12. The first-order chi connectivity index (χ1) is 14.9. The molecule has 7 nitrogen and oxygen atoms in total. The lowest BCUT2D eigenvalue weighted by atomic mass is 10.1. The number of rotatable bonds is 8. The van der Waals surface area contributed by atoms with Crippen molar-refractivity contribution >= 4 is 28.4 Å². The van der Waals surface area contributed by atoms with E-state index in [1.54, 1.807) is 37.4 Å². The standard InChI is InChI=1S/C23H22FNO6/c1-4-31-23(28)20(27)11-19(26)17-13-25(12-14-5-7-15(24)8-6-14)18-9-16(29-2)10-21(30-3)22(17)18/h5-11,13,26H,4,12H2,1-3H3/b19-11-. The molecule has 0 bridgehead atoms. The Bertz CT molecular complexity index is 1150. The monoisotopic (exact) mass is 427 g/mol. The molecule has 0 saturated heterocycles. The molecular weight excluding hydrogens is 405 g/mol. The molecule has 0 unspecified atom stereocenters. The van der Waals surface area contributed by atoms with Gasteiger partial charge < -0.3 is 23.9 Å². The van der Waals surface area contributed by atoms with Gasteiger partial charge in [0.1, 0.15) is 23.1 Å². The number of esters is 1. The van der Waals surface area contributed by atoms with Gasteiger partial charge in [0.05, 0.1) is 31.7 Å².